The zero-order chi connectivity index (χ0) is 10.1. The molecule has 1 saturated carbocycles. The van der Waals surface area contributed by atoms with Crippen molar-refractivity contribution < 1.29 is 0 Å². The zero-order valence-corrected chi connectivity index (χ0v) is 8.96. The third kappa shape index (κ3) is 1.65. The maximum absolute atomic E-state index is 6.09. The summed E-state index contributed by atoms with van der Waals surface area (Å²) in [6, 6.07) is 0.157. The van der Waals surface area contributed by atoms with E-state index in [2.05, 4.69) is 10.5 Å². The molecule has 0 aromatic carbocycles. The van der Waals surface area contributed by atoms with Crippen LogP contribution in [0.5, 0.6) is 0 Å². The molecule has 1 atom stereocenters. The fourth-order valence-electron chi connectivity index (χ4n) is 1.80. The molecule has 1 aliphatic rings. The van der Waals surface area contributed by atoms with E-state index >= 15 is 0 Å². The Balaban J connectivity index is 2.30. The maximum Gasteiger partial charge on any atom is 0.0834 e. The molecule has 1 aromatic heterocycles. The van der Waals surface area contributed by atoms with Gasteiger partial charge in [-0.2, -0.15) is 5.10 Å². The highest BCUT2D eigenvalue weighted by Gasteiger charge is 2.34. The van der Waals surface area contributed by atoms with E-state index in [1.807, 2.05) is 11.6 Å². The van der Waals surface area contributed by atoms with E-state index in [4.69, 9.17) is 17.4 Å². The van der Waals surface area contributed by atoms with Gasteiger partial charge < -0.3 is 0 Å². The van der Waals surface area contributed by atoms with E-state index in [0.29, 0.717) is 10.9 Å². The molecule has 14 heavy (non-hydrogen) atoms. The average Bonchev–Trinajstić information content (AvgIpc) is 2.95. The second kappa shape index (κ2) is 3.88. The van der Waals surface area contributed by atoms with Crippen molar-refractivity contribution in [3.8, 4) is 0 Å². The first-order valence-corrected chi connectivity index (χ1v) is 5.33. The number of nitrogens with one attached hydrogen (secondary N) is 1. The third-order valence-electron chi connectivity index (χ3n) is 2.70. The maximum atomic E-state index is 6.09. The van der Waals surface area contributed by atoms with Crippen LogP contribution in [0.1, 0.15) is 31.5 Å². The Morgan fingerprint density at radius 3 is 3.00 bits per heavy atom. The lowest BCUT2D eigenvalue weighted by Gasteiger charge is -2.16. The van der Waals surface area contributed by atoms with Crippen LogP contribution in [0.4, 0.5) is 0 Å². The second-order valence-electron chi connectivity index (χ2n) is 3.68. The number of nitrogens with zero attached hydrogens (tertiary/aromatic N) is 2. The van der Waals surface area contributed by atoms with Crippen molar-refractivity contribution in [1.29, 1.82) is 0 Å². The van der Waals surface area contributed by atoms with Crippen LogP contribution in [0, 0.1) is 5.92 Å². The minimum Gasteiger partial charge on any atom is -0.271 e. The Hall–Kier alpha value is -0.580. The topological polar surface area (TPSA) is 55.9 Å². The molecule has 4 nitrogen and oxygen atoms in total. The number of hydrogen-bond acceptors (Lipinski definition) is 3. The lowest BCUT2D eigenvalue weighted by Crippen LogP contribution is -2.31. The number of rotatable bonds is 4. The molecule has 1 aromatic rings. The van der Waals surface area contributed by atoms with E-state index < -0.39 is 0 Å². The first-order chi connectivity index (χ1) is 6.77. The first-order valence-electron chi connectivity index (χ1n) is 4.95. The Kier molecular flexibility index (Phi) is 2.76. The summed E-state index contributed by atoms with van der Waals surface area (Å²) in [6.45, 7) is 2.88. The summed E-state index contributed by atoms with van der Waals surface area (Å²) < 4.78 is 1.91. The number of aromatic nitrogens is 2. The summed E-state index contributed by atoms with van der Waals surface area (Å²) in [4.78, 5) is 0. The van der Waals surface area contributed by atoms with Gasteiger partial charge in [-0.1, -0.05) is 11.6 Å². The molecule has 5 heteroatoms. The molecule has 2 rings (SSSR count). The van der Waals surface area contributed by atoms with Crippen LogP contribution in [0.2, 0.25) is 5.02 Å². The summed E-state index contributed by atoms with van der Waals surface area (Å²) in [6.07, 6.45) is 4.13. The van der Waals surface area contributed by atoms with E-state index in [0.717, 1.165) is 12.2 Å². The molecular formula is C9H15ClN4. The van der Waals surface area contributed by atoms with E-state index in [1.54, 1.807) is 6.20 Å². The Morgan fingerprint density at radius 2 is 2.50 bits per heavy atom. The van der Waals surface area contributed by atoms with Crippen LogP contribution < -0.4 is 11.3 Å². The molecule has 0 radical (unpaired) electrons. The smallest absolute Gasteiger partial charge is 0.0834 e. The molecule has 78 valence electrons. The fourth-order valence-corrected chi connectivity index (χ4v) is 2.06. The lowest BCUT2D eigenvalue weighted by atomic mass is 10.1. The Morgan fingerprint density at radius 1 is 1.79 bits per heavy atom. The molecule has 0 spiro atoms. The molecule has 0 amide bonds. The SMILES string of the molecule is CCn1ncc(Cl)c1C(NN)C1CC1. The van der Waals surface area contributed by atoms with Gasteiger partial charge in [-0.25, -0.2) is 0 Å². The van der Waals surface area contributed by atoms with Gasteiger partial charge in [-0.3, -0.25) is 16.0 Å². The van der Waals surface area contributed by atoms with E-state index in [9.17, 15) is 0 Å². The first kappa shape index (κ1) is 9.96. The minimum atomic E-state index is 0.157. The van der Waals surface area contributed by atoms with Crippen molar-refractivity contribution in [3.05, 3.63) is 16.9 Å². The van der Waals surface area contributed by atoms with E-state index in [1.165, 1.54) is 12.8 Å². The predicted octanol–water partition coefficient (Wildman–Crippen LogP) is 1.47. The number of nitrogens with two attached hydrogens (primary N) is 1. The van der Waals surface area contributed by atoms with Gasteiger partial charge in [0.25, 0.3) is 0 Å². The Bertz CT molecular complexity index is 319. The number of hydrogen-bond donors (Lipinski definition) is 2. The van der Waals surface area contributed by atoms with Gasteiger partial charge in [0.05, 0.1) is 23.0 Å². The van der Waals surface area contributed by atoms with Gasteiger partial charge >= 0.3 is 0 Å². The van der Waals surface area contributed by atoms with Gasteiger partial charge in [-0.15, -0.1) is 0 Å². The molecule has 0 saturated heterocycles. The molecule has 1 aliphatic carbocycles. The van der Waals surface area contributed by atoms with Crippen molar-refractivity contribution in [1.82, 2.24) is 15.2 Å². The summed E-state index contributed by atoms with van der Waals surface area (Å²) in [5.41, 5.74) is 3.86. The largest absolute Gasteiger partial charge is 0.271 e. The molecule has 0 bridgehead atoms. The van der Waals surface area contributed by atoms with Gasteiger partial charge in [0.1, 0.15) is 0 Å². The zero-order valence-electron chi connectivity index (χ0n) is 8.20. The highest BCUT2D eigenvalue weighted by atomic mass is 35.5. The molecule has 1 fully saturated rings. The molecule has 3 N–H and O–H groups in total. The molecule has 1 heterocycles. The highest BCUT2D eigenvalue weighted by molar-refractivity contribution is 6.31. The van der Waals surface area contributed by atoms with Gasteiger partial charge in [-0.05, 0) is 25.7 Å². The van der Waals surface area contributed by atoms with E-state index in [-0.39, 0.29) is 6.04 Å². The molecule has 1 unspecified atom stereocenters. The van der Waals surface area contributed by atoms with Gasteiger partial charge in [0, 0.05) is 6.54 Å². The normalized spacial score (nSPS) is 18.5. The Labute approximate surface area is 88.4 Å². The van der Waals surface area contributed by atoms with Crippen LogP contribution in [0.25, 0.3) is 0 Å². The van der Waals surface area contributed by atoms with Crippen molar-refractivity contribution >= 4 is 11.6 Å². The quantitative estimate of drug-likeness (QED) is 0.590. The summed E-state index contributed by atoms with van der Waals surface area (Å²) >= 11 is 6.09. The van der Waals surface area contributed by atoms with Crippen LogP contribution >= 0.6 is 11.6 Å². The minimum absolute atomic E-state index is 0.157. The summed E-state index contributed by atoms with van der Waals surface area (Å²) in [5, 5.41) is 4.91. The van der Waals surface area contributed by atoms with Crippen LogP contribution in [0.15, 0.2) is 6.20 Å². The summed E-state index contributed by atoms with van der Waals surface area (Å²) in [5.74, 6) is 6.17. The van der Waals surface area contributed by atoms with Gasteiger partial charge in [0.2, 0.25) is 0 Å². The van der Waals surface area contributed by atoms with Crippen molar-refractivity contribution in [2.24, 2.45) is 11.8 Å². The van der Waals surface area contributed by atoms with Crippen LogP contribution in [0.3, 0.4) is 0 Å². The fraction of sp³-hybridized carbons (Fsp3) is 0.667. The van der Waals surface area contributed by atoms with Crippen molar-refractivity contribution in [3.63, 3.8) is 0 Å². The van der Waals surface area contributed by atoms with Crippen molar-refractivity contribution in [2.75, 3.05) is 0 Å². The number of aryl methyl sites for hydroxylation is 1. The van der Waals surface area contributed by atoms with Crippen LogP contribution in [-0.4, -0.2) is 9.78 Å². The standard InChI is InChI=1S/C9H15ClN4/c1-2-14-9(7(10)5-12-14)8(13-11)6-3-4-6/h5-6,8,13H,2-4,11H2,1H3. The molecule has 0 aliphatic heterocycles. The second-order valence-corrected chi connectivity index (χ2v) is 4.08. The van der Waals surface area contributed by atoms with Crippen LogP contribution in [-0.2, 0) is 6.54 Å². The predicted molar refractivity (Wildman–Crippen MR) is 55.7 cm³/mol. The van der Waals surface area contributed by atoms with Gasteiger partial charge in [0.15, 0.2) is 0 Å². The highest BCUT2D eigenvalue weighted by Crippen LogP contribution is 2.42. The average molecular weight is 215 g/mol. The number of hydrazine groups is 1. The lowest BCUT2D eigenvalue weighted by molar-refractivity contribution is 0.450. The van der Waals surface area contributed by atoms with Crippen molar-refractivity contribution in [2.45, 2.75) is 32.4 Å². The third-order valence-corrected chi connectivity index (χ3v) is 2.99. The number of halogens is 1. The molecular weight excluding hydrogens is 200 g/mol. The summed E-state index contributed by atoms with van der Waals surface area (Å²) in [7, 11) is 0. The monoisotopic (exact) mass is 214 g/mol.